The van der Waals surface area contributed by atoms with Gasteiger partial charge in [0, 0.05) is 37.4 Å². The standard InChI is InChI=1S/C24H26N4O3/c1-17-21-5-3-11-26(21)12-13-27(17)16-24(29)28-22(23-6-4-14-31-23)15-20(25-28)18-7-9-19(30-2)10-8-18/h3-11,14,17,22H,12-13,15-16H2,1-2H3. The lowest BCUT2D eigenvalue weighted by atomic mass is 10.0. The molecule has 0 bridgehead atoms. The third-order valence-electron chi connectivity index (χ3n) is 6.27. The van der Waals surface area contributed by atoms with Gasteiger partial charge in [-0.25, -0.2) is 5.01 Å². The highest BCUT2D eigenvalue weighted by molar-refractivity contribution is 6.03. The second-order valence-corrected chi connectivity index (χ2v) is 8.02. The largest absolute Gasteiger partial charge is 0.497 e. The number of fused-ring (bicyclic) bond motifs is 1. The van der Waals surface area contributed by atoms with E-state index in [-0.39, 0.29) is 18.0 Å². The Labute approximate surface area is 181 Å². The van der Waals surface area contributed by atoms with E-state index in [1.807, 2.05) is 36.4 Å². The number of carbonyl (C=O) groups excluding carboxylic acids is 1. The highest BCUT2D eigenvalue weighted by atomic mass is 16.5. The summed E-state index contributed by atoms with van der Waals surface area (Å²) in [5.74, 6) is 1.53. The Hall–Kier alpha value is -3.32. The number of amides is 1. The van der Waals surface area contributed by atoms with Crippen molar-refractivity contribution in [2.45, 2.75) is 32.0 Å². The van der Waals surface area contributed by atoms with E-state index >= 15 is 0 Å². The Morgan fingerprint density at radius 1 is 1.16 bits per heavy atom. The van der Waals surface area contributed by atoms with E-state index in [0.717, 1.165) is 35.9 Å². The summed E-state index contributed by atoms with van der Waals surface area (Å²) in [5, 5.41) is 6.35. The Kier molecular flexibility index (Phi) is 5.11. The average Bonchev–Trinajstić information content (AvgIpc) is 3.55. The average molecular weight is 418 g/mol. The summed E-state index contributed by atoms with van der Waals surface area (Å²) in [6.07, 6.45) is 4.36. The first-order valence-electron chi connectivity index (χ1n) is 10.6. The molecule has 1 aromatic carbocycles. The van der Waals surface area contributed by atoms with Crippen molar-refractivity contribution in [3.8, 4) is 5.75 Å². The predicted molar refractivity (Wildman–Crippen MR) is 117 cm³/mol. The number of hydrazone groups is 1. The van der Waals surface area contributed by atoms with Crippen molar-refractivity contribution in [2.24, 2.45) is 5.10 Å². The highest BCUT2D eigenvalue weighted by Crippen LogP contribution is 2.34. The predicted octanol–water partition coefficient (Wildman–Crippen LogP) is 3.84. The van der Waals surface area contributed by atoms with Gasteiger partial charge in [0.2, 0.25) is 0 Å². The molecule has 2 aliphatic heterocycles. The van der Waals surface area contributed by atoms with Gasteiger partial charge in [-0.15, -0.1) is 0 Å². The molecule has 7 nitrogen and oxygen atoms in total. The van der Waals surface area contributed by atoms with Gasteiger partial charge in [-0.3, -0.25) is 9.69 Å². The summed E-state index contributed by atoms with van der Waals surface area (Å²) >= 11 is 0. The maximum atomic E-state index is 13.4. The van der Waals surface area contributed by atoms with Crippen LogP contribution in [0, 0.1) is 0 Å². The number of furan rings is 1. The molecule has 0 saturated heterocycles. The minimum Gasteiger partial charge on any atom is -0.497 e. The summed E-state index contributed by atoms with van der Waals surface area (Å²) in [4.78, 5) is 15.6. The van der Waals surface area contributed by atoms with E-state index in [9.17, 15) is 4.79 Å². The minimum absolute atomic E-state index is 0.0169. The number of hydrogen-bond donors (Lipinski definition) is 0. The first kappa shape index (κ1) is 19.6. The molecule has 0 aliphatic carbocycles. The van der Waals surface area contributed by atoms with Crippen molar-refractivity contribution in [2.75, 3.05) is 20.2 Å². The van der Waals surface area contributed by atoms with Crippen LogP contribution in [0.4, 0.5) is 0 Å². The Bertz CT molecular complexity index is 1080. The van der Waals surface area contributed by atoms with Gasteiger partial charge >= 0.3 is 0 Å². The van der Waals surface area contributed by atoms with Crippen LogP contribution in [0.2, 0.25) is 0 Å². The van der Waals surface area contributed by atoms with Gasteiger partial charge in [-0.1, -0.05) is 0 Å². The molecule has 2 atom stereocenters. The molecule has 2 unspecified atom stereocenters. The van der Waals surface area contributed by atoms with Crippen LogP contribution in [-0.2, 0) is 11.3 Å². The number of rotatable bonds is 5. The van der Waals surface area contributed by atoms with Crippen LogP contribution in [0.5, 0.6) is 5.75 Å². The number of benzene rings is 1. The Balaban J connectivity index is 1.38. The Morgan fingerprint density at radius 3 is 2.74 bits per heavy atom. The molecule has 1 amide bonds. The molecule has 0 fully saturated rings. The molecule has 5 rings (SSSR count). The molecule has 0 spiro atoms. The number of hydrogen-bond acceptors (Lipinski definition) is 5. The minimum atomic E-state index is -0.233. The van der Waals surface area contributed by atoms with Crippen LogP contribution >= 0.6 is 0 Å². The van der Waals surface area contributed by atoms with Gasteiger partial charge in [0.1, 0.15) is 17.6 Å². The first-order chi connectivity index (χ1) is 15.1. The molecular formula is C24H26N4O3. The van der Waals surface area contributed by atoms with Crippen molar-refractivity contribution in [1.82, 2.24) is 14.5 Å². The van der Waals surface area contributed by atoms with Crippen LogP contribution in [-0.4, -0.2) is 46.3 Å². The molecule has 2 aliphatic rings. The highest BCUT2D eigenvalue weighted by Gasteiger charge is 2.36. The van der Waals surface area contributed by atoms with E-state index in [4.69, 9.17) is 14.3 Å². The normalized spacial score (nSPS) is 21.1. The summed E-state index contributed by atoms with van der Waals surface area (Å²) in [7, 11) is 1.65. The first-order valence-corrected chi connectivity index (χ1v) is 10.6. The summed E-state index contributed by atoms with van der Waals surface area (Å²) in [6, 6.07) is 15.7. The van der Waals surface area contributed by atoms with Crippen molar-refractivity contribution < 1.29 is 13.9 Å². The molecule has 0 N–H and O–H groups in total. The lowest BCUT2D eigenvalue weighted by Crippen LogP contribution is -2.43. The van der Waals surface area contributed by atoms with Crippen molar-refractivity contribution in [1.29, 1.82) is 0 Å². The molecule has 3 aromatic rings. The van der Waals surface area contributed by atoms with Crippen molar-refractivity contribution in [3.05, 3.63) is 78.0 Å². The third-order valence-corrected chi connectivity index (χ3v) is 6.27. The summed E-state index contributed by atoms with van der Waals surface area (Å²) in [5.41, 5.74) is 3.10. The molecule has 0 radical (unpaired) electrons. The molecule has 4 heterocycles. The molecular weight excluding hydrogens is 392 g/mol. The third kappa shape index (κ3) is 3.65. The lowest BCUT2D eigenvalue weighted by Gasteiger charge is -2.35. The second kappa shape index (κ2) is 8.07. The number of aromatic nitrogens is 1. The summed E-state index contributed by atoms with van der Waals surface area (Å²) < 4.78 is 13.2. The van der Waals surface area contributed by atoms with E-state index in [1.165, 1.54) is 5.69 Å². The van der Waals surface area contributed by atoms with Crippen LogP contribution in [0.15, 0.2) is 70.5 Å². The maximum absolute atomic E-state index is 13.4. The quantitative estimate of drug-likeness (QED) is 0.632. The SMILES string of the molecule is COc1ccc(C2=NN(C(=O)CN3CCn4cccc4C3C)C(c3ccco3)C2)cc1. The fourth-order valence-corrected chi connectivity index (χ4v) is 4.49. The molecule has 31 heavy (non-hydrogen) atoms. The number of carbonyl (C=O) groups is 1. The van der Waals surface area contributed by atoms with Gasteiger partial charge in [0.15, 0.2) is 0 Å². The number of methoxy groups -OCH3 is 1. The van der Waals surface area contributed by atoms with E-state index in [1.54, 1.807) is 18.4 Å². The van der Waals surface area contributed by atoms with Crippen molar-refractivity contribution >= 4 is 11.6 Å². The van der Waals surface area contributed by atoms with Gasteiger partial charge in [-0.2, -0.15) is 5.10 Å². The van der Waals surface area contributed by atoms with E-state index in [2.05, 4.69) is 34.7 Å². The zero-order chi connectivity index (χ0) is 21.4. The number of ether oxygens (including phenoxy) is 1. The maximum Gasteiger partial charge on any atom is 0.257 e. The smallest absolute Gasteiger partial charge is 0.257 e. The second-order valence-electron chi connectivity index (χ2n) is 8.02. The zero-order valence-electron chi connectivity index (χ0n) is 17.8. The topological polar surface area (TPSA) is 63.2 Å². The van der Waals surface area contributed by atoms with Crippen molar-refractivity contribution in [3.63, 3.8) is 0 Å². The van der Waals surface area contributed by atoms with Crippen LogP contribution in [0.3, 0.4) is 0 Å². The monoisotopic (exact) mass is 418 g/mol. The zero-order valence-corrected chi connectivity index (χ0v) is 17.8. The van der Waals surface area contributed by atoms with Crippen LogP contribution in [0.25, 0.3) is 0 Å². The fraction of sp³-hybridized carbons (Fsp3) is 0.333. The van der Waals surface area contributed by atoms with Gasteiger partial charge in [-0.05, 0) is 61.0 Å². The lowest BCUT2D eigenvalue weighted by molar-refractivity contribution is -0.135. The van der Waals surface area contributed by atoms with Gasteiger partial charge < -0.3 is 13.7 Å². The summed E-state index contributed by atoms with van der Waals surface area (Å²) in [6.45, 7) is 4.20. The molecule has 160 valence electrons. The molecule has 0 saturated carbocycles. The molecule has 2 aromatic heterocycles. The van der Waals surface area contributed by atoms with Gasteiger partial charge in [0.25, 0.3) is 5.91 Å². The Morgan fingerprint density at radius 2 is 2.00 bits per heavy atom. The van der Waals surface area contributed by atoms with Crippen LogP contribution < -0.4 is 4.74 Å². The van der Waals surface area contributed by atoms with E-state index in [0.29, 0.717) is 13.0 Å². The fourth-order valence-electron chi connectivity index (χ4n) is 4.49. The van der Waals surface area contributed by atoms with E-state index < -0.39 is 0 Å². The number of nitrogens with zero attached hydrogens (tertiary/aromatic N) is 4. The van der Waals surface area contributed by atoms with Gasteiger partial charge in [0.05, 0.1) is 25.6 Å². The molecule has 7 heteroatoms. The van der Waals surface area contributed by atoms with Crippen LogP contribution in [0.1, 0.15) is 42.4 Å².